The third-order valence-electron chi connectivity index (χ3n) is 3.71. The van der Waals surface area contributed by atoms with Gasteiger partial charge in [-0.2, -0.15) is 0 Å². The molecular weight excluding hydrogens is 298 g/mol. The number of fused-ring (bicyclic) bond motifs is 1. The summed E-state index contributed by atoms with van der Waals surface area (Å²) in [5.74, 6) is 1.78. The summed E-state index contributed by atoms with van der Waals surface area (Å²) < 4.78 is 1.91. The van der Waals surface area contributed by atoms with Crippen LogP contribution in [0.25, 0.3) is 0 Å². The van der Waals surface area contributed by atoms with Crippen molar-refractivity contribution < 1.29 is 4.79 Å². The maximum absolute atomic E-state index is 12.1. The molecule has 0 aliphatic carbocycles. The molecule has 0 fully saturated rings. The number of aryl methyl sites for hydroxylation is 1. The molecule has 1 aromatic carbocycles. The second-order valence-corrected chi connectivity index (χ2v) is 6.22. The van der Waals surface area contributed by atoms with Crippen LogP contribution in [0.4, 0.5) is 4.79 Å². The van der Waals surface area contributed by atoms with E-state index in [4.69, 9.17) is 0 Å². The van der Waals surface area contributed by atoms with Gasteiger partial charge in [0.25, 0.3) is 0 Å². The lowest BCUT2D eigenvalue weighted by Crippen LogP contribution is -2.39. The van der Waals surface area contributed by atoms with Crippen molar-refractivity contribution in [3.63, 3.8) is 0 Å². The van der Waals surface area contributed by atoms with E-state index in [1.807, 2.05) is 35.4 Å². The second kappa shape index (κ2) is 6.83. The van der Waals surface area contributed by atoms with Gasteiger partial charge in [0.15, 0.2) is 5.82 Å². The van der Waals surface area contributed by atoms with E-state index in [0.29, 0.717) is 6.54 Å². The minimum Gasteiger partial charge on any atom is -0.331 e. The number of hydrogen-bond donors (Lipinski definition) is 2. The van der Waals surface area contributed by atoms with Crippen molar-refractivity contribution in [1.82, 2.24) is 25.4 Å². The minimum absolute atomic E-state index is 0.0708. The molecule has 6 nitrogen and oxygen atoms in total. The Labute approximate surface area is 133 Å². The quantitative estimate of drug-likeness (QED) is 0.908. The lowest BCUT2D eigenvalue weighted by molar-refractivity contribution is 0.235. The maximum Gasteiger partial charge on any atom is 0.315 e. The summed E-state index contributed by atoms with van der Waals surface area (Å²) in [6.07, 6.45) is 2.61. The van der Waals surface area contributed by atoms with E-state index < -0.39 is 0 Å². The summed E-state index contributed by atoms with van der Waals surface area (Å²) >= 11 is 1.84. The molecule has 0 spiro atoms. The molecule has 2 N–H and O–H groups in total. The number of nitrogens with zero attached hydrogens (tertiary/aromatic N) is 3. The average molecular weight is 317 g/mol. The molecule has 1 atom stereocenters. The lowest BCUT2D eigenvalue weighted by Gasteiger charge is -2.25. The molecule has 2 heterocycles. The minimum atomic E-state index is -0.169. The third kappa shape index (κ3) is 3.24. The lowest BCUT2D eigenvalue weighted by atomic mass is 10.0. The molecule has 1 aromatic heterocycles. The molecule has 1 aliphatic rings. The van der Waals surface area contributed by atoms with Crippen LogP contribution >= 0.6 is 11.8 Å². The summed E-state index contributed by atoms with van der Waals surface area (Å²) in [5.41, 5.74) is 1.20. The van der Waals surface area contributed by atoms with Crippen molar-refractivity contribution in [1.29, 1.82) is 0 Å². The van der Waals surface area contributed by atoms with Crippen LogP contribution in [0.1, 0.15) is 30.8 Å². The van der Waals surface area contributed by atoms with Gasteiger partial charge in [0.1, 0.15) is 6.33 Å². The average Bonchev–Trinajstić information content (AvgIpc) is 3.01. The van der Waals surface area contributed by atoms with E-state index in [-0.39, 0.29) is 12.1 Å². The normalized spacial score (nSPS) is 16.9. The van der Waals surface area contributed by atoms with Gasteiger partial charge >= 0.3 is 6.03 Å². The van der Waals surface area contributed by atoms with Gasteiger partial charge in [0.05, 0.1) is 12.6 Å². The molecule has 2 amide bonds. The molecule has 116 valence electrons. The van der Waals surface area contributed by atoms with Crippen molar-refractivity contribution in [2.45, 2.75) is 37.4 Å². The zero-order valence-electron chi connectivity index (χ0n) is 12.5. The number of amides is 2. The Morgan fingerprint density at radius 1 is 1.45 bits per heavy atom. The number of benzene rings is 1. The summed E-state index contributed by atoms with van der Waals surface area (Å²) in [7, 11) is 0. The van der Waals surface area contributed by atoms with E-state index in [2.05, 4.69) is 33.0 Å². The molecule has 0 saturated carbocycles. The largest absolute Gasteiger partial charge is 0.331 e. The zero-order chi connectivity index (χ0) is 15.4. The second-order valence-electron chi connectivity index (χ2n) is 5.09. The van der Waals surface area contributed by atoms with Crippen LogP contribution in [0.2, 0.25) is 0 Å². The predicted octanol–water partition coefficient (Wildman–Crippen LogP) is 2.33. The van der Waals surface area contributed by atoms with Gasteiger partial charge in [0, 0.05) is 17.2 Å². The highest BCUT2D eigenvalue weighted by atomic mass is 32.2. The first-order chi connectivity index (χ1) is 10.8. The van der Waals surface area contributed by atoms with Gasteiger partial charge < -0.3 is 15.2 Å². The topological polar surface area (TPSA) is 71.8 Å². The Hall–Kier alpha value is -2.02. The first kappa shape index (κ1) is 14.9. The number of aromatic nitrogens is 3. The van der Waals surface area contributed by atoms with Crippen LogP contribution in [-0.4, -0.2) is 26.5 Å². The van der Waals surface area contributed by atoms with Crippen molar-refractivity contribution in [2.75, 3.05) is 5.75 Å². The van der Waals surface area contributed by atoms with E-state index in [1.165, 1.54) is 10.5 Å². The molecule has 7 heteroatoms. The highest BCUT2D eigenvalue weighted by molar-refractivity contribution is 7.99. The Kier molecular flexibility index (Phi) is 4.62. The van der Waals surface area contributed by atoms with Gasteiger partial charge in [-0.1, -0.05) is 18.2 Å². The van der Waals surface area contributed by atoms with Crippen molar-refractivity contribution in [3.05, 3.63) is 42.0 Å². The van der Waals surface area contributed by atoms with Crippen LogP contribution in [0.15, 0.2) is 35.5 Å². The number of carbonyl (C=O) groups excluding carboxylic acids is 1. The number of urea groups is 1. The fourth-order valence-electron chi connectivity index (χ4n) is 2.54. The molecular formula is C15H19N5OS. The number of thioether (sulfide) groups is 1. The number of carbonyl (C=O) groups is 1. The highest BCUT2D eigenvalue weighted by Crippen LogP contribution is 2.35. The Morgan fingerprint density at radius 2 is 2.32 bits per heavy atom. The van der Waals surface area contributed by atoms with Crippen LogP contribution in [0.3, 0.4) is 0 Å². The standard InChI is InChI=1S/C15H19N5OS/c1-2-20-10-17-19-14(20)9-16-15(21)18-12-7-8-22-13-6-4-3-5-11(12)13/h3-6,10,12H,2,7-9H2,1H3,(H2,16,18,21)/t12-/m0/s1. The highest BCUT2D eigenvalue weighted by Gasteiger charge is 2.21. The van der Waals surface area contributed by atoms with Crippen molar-refractivity contribution in [2.24, 2.45) is 0 Å². The van der Waals surface area contributed by atoms with Crippen molar-refractivity contribution >= 4 is 17.8 Å². The molecule has 3 rings (SSSR count). The fourth-order valence-corrected chi connectivity index (χ4v) is 3.67. The molecule has 0 unspecified atom stereocenters. The molecule has 22 heavy (non-hydrogen) atoms. The molecule has 0 saturated heterocycles. The van der Waals surface area contributed by atoms with Gasteiger partial charge in [-0.05, 0) is 25.0 Å². The molecule has 0 bridgehead atoms. The van der Waals surface area contributed by atoms with E-state index in [1.54, 1.807) is 6.33 Å². The number of rotatable bonds is 4. The zero-order valence-corrected chi connectivity index (χ0v) is 13.3. The number of nitrogens with one attached hydrogen (secondary N) is 2. The molecule has 1 aliphatic heterocycles. The fraction of sp³-hybridized carbons (Fsp3) is 0.400. The Bertz CT molecular complexity index is 657. The van der Waals surface area contributed by atoms with Gasteiger partial charge in [-0.25, -0.2) is 4.79 Å². The van der Waals surface area contributed by atoms with E-state index >= 15 is 0 Å². The van der Waals surface area contributed by atoms with Crippen LogP contribution in [0, 0.1) is 0 Å². The molecule has 2 aromatic rings. The van der Waals surface area contributed by atoms with Crippen molar-refractivity contribution in [3.8, 4) is 0 Å². The number of hydrogen-bond acceptors (Lipinski definition) is 4. The first-order valence-electron chi connectivity index (χ1n) is 7.40. The first-order valence-corrected chi connectivity index (χ1v) is 8.39. The van der Waals surface area contributed by atoms with E-state index in [9.17, 15) is 4.79 Å². The van der Waals surface area contributed by atoms with Gasteiger partial charge in [-0.3, -0.25) is 0 Å². The Balaban J connectivity index is 1.59. The third-order valence-corrected chi connectivity index (χ3v) is 4.83. The van der Waals surface area contributed by atoms with Crippen LogP contribution in [0.5, 0.6) is 0 Å². The summed E-state index contributed by atoms with van der Waals surface area (Å²) in [6, 6.07) is 8.14. The smallest absolute Gasteiger partial charge is 0.315 e. The van der Waals surface area contributed by atoms with E-state index in [0.717, 1.165) is 24.5 Å². The van der Waals surface area contributed by atoms with Crippen LogP contribution < -0.4 is 10.6 Å². The molecule has 0 radical (unpaired) electrons. The predicted molar refractivity (Wildman–Crippen MR) is 85.6 cm³/mol. The van der Waals surface area contributed by atoms with Gasteiger partial charge in [0.2, 0.25) is 0 Å². The van der Waals surface area contributed by atoms with Crippen LogP contribution in [-0.2, 0) is 13.1 Å². The monoisotopic (exact) mass is 317 g/mol. The summed E-state index contributed by atoms with van der Waals surface area (Å²) in [4.78, 5) is 13.4. The Morgan fingerprint density at radius 3 is 3.18 bits per heavy atom. The van der Waals surface area contributed by atoms with Gasteiger partial charge in [-0.15, -0.1) is 22.0 Å². The SMILES string of the molecule is CCn1cnnc1CNC(=O)N[C@H]1CCSc2ccccc21. The maximum atomic E-state index is 12.1. The summed E-state index contributed by atoms with van der Waals surface area (Å²) in [5, 5.41) is 13.8. The summed E-state index contributed by atoms with van der Waals surface area (Å²) in [6.45, 7) is 3.19.